The van der Waals surface area contributed by atoms with Crippen LogP contribution in [0.25, 0.3) is 0 Å². The van der Waals surface area contributed by atoms with E-state index in [1.807, 2.05) is 54.6 Å². The number of hydrogen-bond donors (Lipinski definition) is 2. The fraction of sp³-hybridized carbons (Fsp3) is 0.350. The van der Waals surface area contributed by atoms with Crippen LogP contribution in [-0.2, 0) is 4.79 Å². The van der Waals surface area contributed by atoms with E-state index in [1.54, 1.807) is 11.9 Å². The number of rotatable bonds is 5. The van der Waals surface area contributed by atoms with Gasteiger partial charge in [-0.15, -0.1) is 0 Å². The van der Waals surface area contributed by atoms with Crippen molar-refractivity contribution in [2.24, 2.45) is 5.92 Å². The Balaban J connectivity index is 1.62. The van der Waals surface area contributed by atoms with Gasteiger partial charge in [0.25, 0.3) is 0 Å². The molecule has 1 saturated heterocycles. The lowest BCUT2D eigenvalue weighted by molar-refractivity contribution is -0.120. The third-order valence-electron chi connectivity index (χ3n) is 4.57. The normalized spacial score (nSPS) is 19.8. The molecular weight excluding hydrogens is 314 g/mol. The molecule has 3 rings (SSSR count). The van der Waals surface area contributed by atoms with Crippen molar-refractivity contribution >= 4 is 11.6 Å². The van der Waals surface area contributed by atoms with E-state index in [-0.39, 0.29) is 11.9 Å². The summed E-state index contributed by atoms with van der Waals surface area (Å²) < 4.78 is 5.79. The van der Waals surface area contributed by atoms with Crippen LogP contribution in [0.15, 0.2) is 54.6 Å². The maximum Gasteiger partial charge on any atom is 0.245 e. The number of nitrogens with zero attached hydrogens (tertiary/aromatic N) is 1. The standard InChI is InChI=1S/C20H25N3O2/c1-14(2)18-13-19(22-21-18)20(24)23(3)15-9-11-17(12-10-15)25-16-7-5-4-6-8-16/h4-12,14,18-19,21-22H,13H2,1-3H3. The summed E-state index contributed by atoms with van der Waals surface area (Å²) in [5, 5.41) is 0. The Morgan fingerprint density at radius 1 is 1.04 bits per heavy atom. The lowest BCUT2D eigenvalue weighted by Gasteiger charge is -2.21. The second-order valence-electron chi connectivity index (χ2n) is 6.73. The fourth-order valence-electron chi connectivity index (χ4n) is 2.90. The molecule has 1 aliphatic rings. The molecule has 132 valence electrons. The minimum atomic E-state index is -0.197. The molecule has 2 unspecified atom stereocenters. The maximum absolute atomic E-state index is 12.7. The SMILES string of the molecule is CC(C)C1CC(C(=O)N(C)c2ccc(Oc3ccccc3)cc2)NN1. The van der Waals surface area contributed by atoms with Crippen LogP contribution >= 0.6 is 0 Å². The molecule has 1 aliphatic heterocycles. The first-order valence-corrected chi connectivity index (χ1v) is 8.66. The Morgan fingerprint density at radius 3 is 2.28 bits per heavy atom. The molecule has 0 radical (unpaired) electrons. The molecule has 1 fully saturated rings. The average molecular weight is 339 g/mol. The highest BCUT2D eigenvalue weighted by atomic mass is 16.5. The molecule has 2 atom stereocenters. The number of anilines is 1. The lowest BCUT2D eigenvalue weighted by atomic mass is 9.99. The predicted molar refractivity (Wildman–Crippen MR) is 99.7 cm³/mol. The van der Waals surface area contributed by atoms with Crippen molar-refractivity contribution in [3.63, 3.8) is 0 Å². The number of amides is 1. The molecule has 2 N–H and O–H groups in total. The summed E-state index contributed by atoms with van der Waals surface area (Å²) in [6.07, 6.45) is 0.802. The van der Waals surface area contributed by atoms with Gasteiger partial charge in [-0.2, -0.15) is 0 Å². The van der Waals surface area contributed by atoms with Crippen molar-refractivity contribution < 1.29 is 9.53 Å². The van der Waals surface area contributed by atoms with E-state index < -0.39 is 0 Å². The van der Waals surface area contributed by atoms with Crippen LogP contribution < -0.4 is 20.5 Å². The highest BCUT2D eigenvalue weighted by Crippen LogP contribution is 2.25. The van der Waals surface area contributed by atoms with Gasteiger partial charge >= 0.3 is 0 Å². The molecule has 2 aromatic rings. The number of para-hydroxylation sites is 1. The van der Waals surface area contributed by atoms with Gasteiger partial charge in [-0.3, -0.25) is 10.2 Å². The summed E-state index contributed by atoms with van der Waals surface area (Å²) in [7, 11) is 1.81. The highest BCUT2D eigenvalue weighted by Gasteiger charge is 2.32. The van der Waals surface area contributed by atoms with Crippen molar-refractivity contribution in [3.8, 4) is 11.5 Å². The monoisotopic (exact) mass is 339 g/mol. The third-order valence-corrected chi connectivity index (χ3v) is 4.57. The molecular formula is C20H25N3O2. The van der Waals surface area contributed by atoms with Crippen LogP contribution in [0, 0.1) is 5.92 Å². The number of carbonyl (C=O) groups excluding carboxylic acids is 1. The Labute approximate surface area is 149 Å². The van der Waals surface area contributed by atoms with Crippen LogP contribution in [0.1, 0.15) is 20.3 Å². The molecule has 0 spiro atoms. The van der Waals surface area contributed by atoms with Crippen LogP contribution in [-0.4, -0.2) is 25.0 Å². The van der Waals surface area contributed by atoms with E-state index in [1.165, 1.54) is 0 Å². The number of hydrazine groups is 1. The second-order valence-corrected chi connectivity index (χ2v) is 6.73. The molecule has 0 bridgehead atoms. The molecule has 0 saturated carbocycles. The average Bonchev–Trinajstić information content (AvgIpc) is 3.12. The van der Waals surface area contributed by atoms with E-state index >= 15 is 0 Å². The third kappa shape index (κ3) is 4.18. The topological polar surface area (TPSA) is 53.6 Å². The van der Waals surface area contributed by atoms with Crippen LogP contribution in [0.2, 0.25) is 0 Å². The molecule has 5 nitrogen and oxygen atoms in total. The van der Waals surface area contributed by atoms with Gasteiger partial charge in [-0.05, 0) is 48.7 Å². The minimum absolute atomic E-state index is 0.0624. The quantitative estimate of drug-likeness (QED) is 0.877. The first-order valence-electron chi connectivity index (χ1n) is 8.66. The Kier molecular flexibility index (Phi) is 5.36. The largest absolute Gasteiger partial charge is 0.457 e. The molecule has 1 amide bonds. The molecule has 0 aliphatic carbocycles. The zero-order chi connectivity index (χ0) is 17.8. The van der Waals surface area contributed by atoms with Gasteiger partial charge in [0.1, 0.15) is 17.5 Å². The van der Waals surface area contributed by atoms with Gasteiger partial charge in [0.15, 0.2) is 0 Å². The van der Waals surface area contributed by atoms with E-state index in [9.17, 15) is 4.79 Å². The second kappa shape index (κ2) is 7.68. The van der Waals surface area contributed by atoms with Crippen molar-refractivity contribution in [3.05, 3.63) is 54.6 Å². The number of benzene rings is 2. The van der Waals surface area contributed by atoms with E-state index in [0.29, 0.717) is 12.0 Å². The van der Waals surface area contributed by atoms with Gasteiger partial charge in [-0.25, -0.2) is 5.43 Å². The van der Waals surface area contributed by atoms with Gasteiger partial charge in [-0.1, -0.05) is 32.0 Å². The number of nitrogens with one attached hydrogen (secondary N) is 2. The molecule has 5 heteroatoms. The van der Waals surface area contributed by atoms with Crippen LogP contribution in [0.3, 0.4) is 0 Å². The van der Waals surface area contributed by atoms with Gasteiger partial charge < -0.3 is 9.64 Å². The van der Waals surface area contributed by atoms with E-state index in [0.717, 1.165) is 23.6 Å². The Bertz CT molecular complexity index is 701. The number of likely N-dealkylation sites (N-methyl/N-ethyl adjacent to an activating group) is 1. The minimum Gasteiger partial charge on any atom is -0.457 e. The smallest absolute Gasteiger partial charge is 0.245 e. The fourth-order valence-corrected chi connectivity index (χ4v) is 2.90. The number of ether oxygens (including phenoxy) is 1. The first kappa shape index (κ1) is 17.5. The summed E-state index contributed by atoms with van der Waals surface area (Å²) in [5.41, 5.74) is 7.18. The highest BCUT2D eigenvalue weighted by molar-refractivity contribution is 5.96. The number of hydrogen-bond acceptors (Lipinski definition) is 4. The van der Waals surface area contributed by atoms with Crippen molar-refractivity contribution in [2.45, 2.75) is 32.4 Å². The van der Waals surface area contributed by atoms with Crippen LogP contribution in [0.4, 0.5) is 5.69 Å². The van der Waals surface area contributed by atoms with Gasteiger partial charge in [0.2, 0.25) is 5.91 Å². The zero-order valence-corrected chi connectivity index (χ0v) is 14.9. The zero-order valence-electron chi connectivity index (χ0n) is 14.9. The predicted octanol–water partition coefficient (Wildman–Crippen LogP) is 3.33. The lowest BCUT2D eigenvalue weighted by Crippen LogP contribution is -2.44. The van der Waals surface area contributed by atoms with Crippen LogP contribution in [0.5, 0.6) is 11.5 Å². The summed E-state index contributed by atoms with van der Waals surface area (Å²) in [6, 6.07) is 17.3. The number of carbonyl (C=O) groups is 1. The molecule has 25 heavy (non-hydrogen) atoms. The first-order chi connectivity index (χ1) is 12.0. The van der Waals surface area contributed by atoms with Gasteiger partial charge in [0, 0.05) is 18.8 Å². The Morgan fingerprint density at radius 2 is 1.68 bits per heavy atom. The summed E-state index contributed by atoms with van der Waals surface area (Å²) in [5.74, 6) is 2.09. The van der Waals surface area contributed by atoms with Gasteiger partial charge in [0.05, 0.1) is 0 Å². The Hall–Kier alpha value is -2.37. The summed E-state index contributed by atoms with van der Waals surface area (Å²) in [4.78, 5) is 14.4. The molecule has 1 heterocycles. The molecule has 0 aromatic heterocycles. The van der Waals surface area contributed by atoms with Crippen molar-refractivity contribution in [2.75, 3.05) is 11.9 Å². The molecule has 2 aromatic carbocycles. The maximum atomic E-state index is 12.7. The van der Waals surface area contributed by atoms with Crippen molar-refractivity contribution in [1.82, 2.24) is 10.9 Å². The summed E-state index contributed by atoms with van der Waals surface area (Å²) >= 11 is 0. The van der Waals surface area contributed by atoms with Crippen molar-refractivity contribution in [1.29, 1.82) is 0 Å². The van der Waals surface area contributed by atoms with E-state index in [4.69, 9.17) is 4.74 Å². The summed E-state index contributed by atoms with van der Waals surface area (Å²) in [6.45, 7) is 4.31. The van der Waals surface area contributed by atoms with E-state index in [2.05, 4.69) is 24.7 Å².